The summed E-state index contributed by atoms with van der Waals surface area (Å²) in [5.41, 5.74) is 7.05. The van der Waals surface area contributed by atoms with Gasteiger partial charge < -0.3 is 10.3 Å². The molecule has 1 heterocycles. The molecule has 0 unspecified atom stereocenters. The van der Waals surface area contributed by atoms with Gasteiger partial charge in [0.05, 0.1) is 10.6 Å². The third-order valence-corrected chi connectivity index (χ3v) is 5.52. The Balaban J connectivity index is 2.10. The van der Waals surface area contributed by atoms with E-state index < -0.39 is 9.84 Å². The zero-order valence-electron chi connectivity index (χ0n) is 12.8. The lowest BCUT2D eigenvalue weighted by molar-refractivity contribution is 0.596. The third-order valence-electron chi connectivity index (χ3n) is 3.73. The molecule has 6 heteroatoms. The van der Waals surface area contributed by atoms with Gasteiger partial charge in [0.2, 0.25) is 9.84 Å². The zero-order valence-corrected chi connectivity index (χ0v) is 13.6. The Kier molecular flexibility index (Phi) is 4.11. The molecule has 0 aliphatic carbocycles. The van der Waals surface area contributed by atoms with Gasteiger partial charge in [-0.3, -0.25) is 0 Å². The van der Waals surface area contributed by atoms with Crippen LogP contribution in [0.5, 0.6) is 0 Å². The van der Waals surface area contributed by atoms with Crippen LogP contribution in [0, 0.1) is 11.3 Å². The van der Waals surface area contributed by atoms with E-state index in [1.807, 2.05) is 36.4 Å². The lowest BCUT2D eigenvalue weighted by Gasteiger charge is -2.04. The van der Waals surface area contributed by atoms with Crippen molar-refractivity contribution in [2.45, 2.75) is 16.3 Å². The van der Waals surface area contributed by atoms with E-state index in [1.165, 1.54) is 18.3 Å². The summed E-state index contributed by atoms with van der Waals surface area (Å²) in [6, 6.07) is 19.5. The van der Waals surface area contributed by atoms with Crippen LogP contribution >= 0.6 is 0 Å². The molecule has 0 fully saturated rings. The van der Waals surface area contributed by atoms with Crippen molar-refractivity contribution in [2.75, 3.05) is 5.73 Å². The summed E-state index contributed by atoms with van der Waals surface area (Å²) < 4.78 is 27.1. The predicted molar refractivity (Wildman–Crippen MR) is 91.0 cm³/mol. The van der Waals surface area contributed by atoms with Crippen LogP contribution in [0.1, 0.15) is 11.3 Å². The van der Waals surface area contributed by atoms with E-state index in [0.717, 1.165) is 5.56 Å². The average molecular weight is 337 g/mol. The SMILES string of the molecule is N#Cc1c(N)c(S(=O)(=O)c2ccccc2)cn1Cc1ccccc1. The number of aromatic nitrogens is 1. The van der Waals surface area contributed by atoms with Crippen molar-refractivity contribution in [3.05, 3.63) is 78.1 Å². The molecule has 0 aliphatic rings. The fourth-order valence-corrected chi connectivity index (χ4v) is 3.94. The maximum Gasteiger partial charge on any atom is 0.210 e. The molecule has 0 saturated carbocycles. The number of hydrogen-bond acceptors (Lipinski definition) is 4. The summed E-state index contributed by atoms with van der Waals surface area (Å²) in [5, 5.41) is 9.38. The van der Waals surface area contributed by atoms with E-state index in [-0.39, 0.29) is 21.2 Å². The molecule has 2 N–H and O–H groups in total. The molecule has 3 rings (SSSR count). The van der Waals surface area contributed by atoms with Crippen LogP contribution in [0.4, 0.5) is 5.69 Å². The first-order chi connectivity index (χ1) is 11.5. The quantitative estimate of drug-likeness (QED) is 0.793. The highest BCUT2D eigenvalue weighted by Crippen LogP contribution is 2.30. The number of nitrogens with zero attached hydrogens (tertiary/aromatic N) is 2. The highest BCUT2D eigenvalue weighted by Gasteiger charge is 2.25. The van der Waals surface area contributed by atoms with Crippen molar-refractivity contribution in [1.29, 1.82) is 5.26 Å². The van der Waals surface area contributed by atoms with E-state index in [2.05, 4.69) is 0 Å². The summed E-state index contributed by atoms with van der Waals surface area (Å²) >= 11 is 0. The fourth-order valence-electron chi connectivity index (χ4n) is 2.52. The van der Waals surface area contributed by atoms with Gasteiger partial charge in [0, 0.05) is 12.7 Å². The number of nitriles is 1. The van der Waals surface area contributed by atoms with Crippen LogP contribution in [-0.4, -0.2) is 13.0 Å². The van der Waals surface area contributed by atoms with Gasteiger partial charge in [0.25, 0.3) is 0 Å². The Bertz CT molecular complexity index is 1000. The second kappa shape index (κ2) is 6.22. The highest BCUT2D eigenvalue weighted by atomic mass is 32.2. The van der Waals surface area contributed by atoms with Gasteiger partial charge in [-0.25, -0.2) is 8.42 Å². The summed E-state index contributed by atoms with van der Waals surface area (Å²) in [4.78, 5) is 0.110. The molecule has 0 radical (unpaired) electrons. The van der Waals surface area contributed by atoms with Gasteiger partial charge in [-0.15, -0.1) is 0 Å². The Morgan fingerprint density at radius 3 is 2.17 bits per heavy atom. The van der Waals surface area contributed by atoms with Gasteiger partial charge in [0.15, 0.2) is 0 Å². The number of sulfone groups is 1. The first-order valence-electron chi connectivity index (χ1n) is 7.27. The second-order valence-electron chi connectivity index (χ2n) is 5.30. The maximum absolute atomic E-state index is 12.8. The molecule has 2 aromatic carbocycles. The molecule has 3 aromatic rings. The topological polar surface area (TPSA) is 88.9 Å². The minimum atomic E-state index is -3.77. The van der Waals surface area contributed by atoms with Crippen LogP contribution in [0.25, 0.3) is 0 Å². The number of nitrogens with two attached hydrogens (primary N) is 1. The van der Waals surface area contributed by atoms with Gasteiger partial charge in [0.1, 0.15) is 16.7 Å². The third kappa shape index (κ3) is 2.77. The van der Waals surface area contributed by atoms with Crippen LogP contribution in [0.3, 0.4) is 0 Å². The lowest BCUT2D eigenvalue weighted by Crippen LogP contribution is -2.03. The Morgan fingerprint density at radius 1 is 1.00 bits per heavy atom. The molecular weight excluding hydrogens is 322 g/mol. The molecule has 24 heavy (non-hydrogen) atoms. The number of rotatable bonds is 4. The number of anilines is 1. The van der Waals surface area contributed by atoms with Crippen molar-refractivity contribution in [3.63, 3.8) is 0 Å². The summed E-state index contributed by atoms with van der Waals surface area (Å²) in [6.45, 7) is 0.373. The second-order valence-corrected chi connectivity index (χ2v) is 7.22. The first-order valence-corrected chi connectivity index (χ1v) is 8.75. The molecule has 0 spiro atoms. The minimum absolute atomic E-state index is 0.0164. The molecule has 0 saturated heterocycles. The van der Waals surface area contributed by atoms with Gasteiger partial charge in [-0.1, -0.05) is 48.5 Å². The largest absolute Gasteiger partial charge is 0.395 e. The molecule has 120 valence electrons. The molecule has 0 atom stereocenters. The molecule has 0 bridgehead atoms. The summed E-state index contributed by atoms with van der Waals surface area (Å²) in [7, 11) is -3.77. The lowest BCUT2D eigenvalue weighted by atomic mass is 10.2. The van der Waals surface area contributed by atoms with Crippen molar-refractivity contribution >= 4 is 15.5 Å². The Morgan fingerprint density at radius 2 is 1.58 bits per heavy atom. The van der Waals surface area contributed by atoms with Gasteiger partial charge >= 0.3 is 0 Å². The van der Waals surface area contributed by atoms with Crippen molar-refractivity contribution in [1.82, 2.24) is 4.57 Å². The number of benzene rings is 2. The molecular formula is C18H15N3O2S. The van der Waals surface area contributed by atoms with E-state index in [0.29, 0.717) is 6.54 Å². The standard InChI is InChI=1S/C18H15N3O2S/c19-11-16-18(20)17(24(22,23)15-9-5-2-6-10-15)13-21(16)12-14-7-3-1-4-8-14/h1-10,13H,12,20H2. The number of nitrogen functional groups attached to an aromatic ring is 1. The summed E-state index contributed by atoms with van der Waals surface area (Å²) in [6.07, 6.45) is 1.43. The van der Waals surface area contributed by atoms with E-state index >= 15 is 0 Å². The Hall–Kier alpha value is -3.04. The minimum Gasteiger partial charge on any atom is -0.395 e. The van der Waals surface area contributed by atoms with Crippen molar-refractivity contribution < 1.29 is 8.42 Å². The van der Waals surface area contributed by atoms with E-state index in [4.69, 9.17) is 5.73 Å². The first kappa shape index (κ1) is 15.8. The predicted octanol–water partition coefficient (Wildman–Crippen LogP) is 2.82. The van der Waals surface area contributed by atoms with Crippen LogP contribution < -0.4 is 5.73 Å². The van der Waals surface area contributed by atoms with Crippen LogP contribution in [0.15, 0.2) is 76.7 Å². The number of hydrogen-bond donors (Lipinski definition) is 1. The monoisotopic (exact) mass is 337 g/mol. The molecule has 0 aliphatic heterocycles. The summed E-state index contributed by atoms with van der Waals surface area (Å²) in [5.74, 6) is 0. The van der Waals surface area contributed by atoms with E-state index in [1.54, 1.807) is 22.8 Å². The molecule has 5 nitrogen and oxygen atoms in total. The van der Waals surface area contributed by atoms with Crippen molar-refractivity contribution in [3.8, 4) is 6.07 Å². The smallest absolute Gasteiger partial charge is 0.210 e. The van der Waals surface area contributed by atoms with Gasteiger partial charge in [-0.2, -0.15) is 5.26 Å². The van der Waals surface area contributed by atoms with Crippen LogP contribution in [0.2, 0.25) is 0 Å². The average Bonchev–Trinajstić information content (AvgIpc) is 2.92. The molecule has 0 amide bonds. The normalized spacial score (nSPS) is 11.1. The molecule has 1 aromatic heterocycles. The zero-order chi connectivity index (χ0) is 17.2. The van der Waals surface area contributed by atoms with Gasteiger partial charge in [-0.05, 0) is 17.7 Å². The maximum atomic E-state index is 12.8. The van der Waals surface area contributed by atoms with Crippen molar-refractivity contribution in [2.24, 2.45) is 0 Å². The highest BCUT2D eigenvalue weighted by molar-refractivity contribution is 7.91. The Labute approximate surface area is 140 Å². The fraction of sp³-hybridized carbons (Fsp3) is 0.0556. The van der Waals surface area contributed by atoms with E-state index in [9.17, 15) is 13.7 Å². The van der Waals surface area contributed by atoms with Crippen LogP contribution in [-0.2, 0) is 16.4 Å².